The van der Waals surface area contributed by atoms with Gasteiger partial charge in [0.2, 0.25) is 15.9 Å². The lowest BCUT2D eigenvalue weighted by Gasteiger charge is -2.28. The molecule has 1 saturated heterocycles. The van der Waals surface area contributed by atoms with Gasteiger partial charge < -0.3 is 4.90 Å². The fraction of sp³-hybridized carbons (Fsp3) is 0.462. The number of carbonyl (C=O) groups excluding carboxylic acids is 1. The van der Waals surface area contributed by atoms with Gasteiger partial charge in [-0.1, -0.05) is 11.6 Å². The van der Waals surface area contributed by atoms with Crippen molar-refractivity contribution < 1.29 is 17.6 Å². The number of sulfonamides is 1. The molecule has 116 valence electrons. The van der Waals surface area contributed by atoms with E-state index in [1.54, 1.807) is 11.9 Å². The van der Waals surface area contributed by atoms with Gasteiger partial charge in [0, 0.05) is 31.6 Å². The van der Waals surface area contributed by atoms with Gasteiger partial charge in [-0.05, 0) is 30.5 Å². The van der Waals surface area contributed by atoms with Crippen LogP contribution in [0.3, 0.4) is 0 Å². The van der Waals surface area contributed by atoms with Crippen molar-refractivity contribution in [3.05, 3.63) is 29.0 Å². The third-order valence-electron chi connectivity index (χ3n) is 3.47. The summed E-state index contributed by atoms with van der Waals surface area (Å²) in [6.45, 7) is 0.757. The van der Waals surface area contributed by atoms with Crippen LogP contribution in [0.1, 0.15) is 12.8 Å². The molecule has 1 aromatic carbocycles. The summed E-state index contributed by atoms with van der Waals surface area (Å²) in [5, 5.41) is 0.0184. The first-order valence-corrected chi connectivity index (χ1v) is 8.34. The van der Waals surface area contributed by atoms with Crippen molar-refractivity contribution in [3.63, 3.8) is 0 Å². The van der Waals surface area contributed by atoms with E-state index in [9.17, 15) is 17.6 Å². The molecule has 1 atom stereocenters. The Hall–Kier alpha value is -1.18. The van der Waals surface area contributed by atoms with Crippen LogP contribution in [-0.2, 0) is 14.8 Å². The molecule has 1 aromatic rings. The van der Waals surface area contributed by atoms with Crippen LogP contribution in [0.15, 0.2) is 23.1 Å². The van der Waals surface area contributed by atoms with E-state index in [1.807, 2.05) is 0 Å². The van der Waals surface area contributed by atoms with Crippen LogP contribution < -0.4 is 4.72 Å². The monoisotopic (exact) mass is 334 g/mol. The van der Waals surface area contributed by atoms with Crippen LogP contribution in [0.4, 0.5) is 4.39 Å². The molecule has 8 heteroatoms. The Kier molecular flexibility index (Phi) is 4.85. The van der Waals surface area contributed by atoms with E-state index < -0.39 is 15.8 Å². The minimum absolute atomic E-state index is 0.000696. The predicted octanol–water partition coefficient (Wildman–Crippen LogP) is 1.63. The van der Waals surface area contributed by atoms with Gasteiger partial charge in [-0.25, -0.2) is 17.5 Å². The van der Waals surface area contributed by atoms with Crippen molar-refractivity contribution >= 4 is 27.5 Å². The molecule has 1 aliphatic rings. The maximum Gasteiger partial charge on any atom is 0.240 e. The number of nitrogens with zero attached hydrogens (tertiary/aromatic N) is 1. The number of carbonyl (C=O) groups is 1. The van der Waals surface area contributed by atoms with Crippen molar-refractivity contribution in [2.75, 3.05) is 20.1 Å². The molecule has 0 unspecified atom stereocenters. The lowest BCUT2D eigenvalue weighted by Crippen LogP contribution is -2.40. The van der Waals surface area contributed by atoms with Gasteiger partial charge in [0.15, 0.2) is 0 Å². The highest BCUT2D eigenvalue weighted by molar-refractivity contribution is 7.89. The lowest BCUT2D eigenvalue weighted by atomic mass is 9.97. The summed E-state index contributed by atoms with van der Waals surface area (Å²) in [4.78, 5) is 13.0. The second-order valence-corrected chi connectivity index (χ2v) is 7.33. The van der Waals surface area contributed by atoms with Gasteiger partial charge in [-0.15, -0.1) is 0 Å². The molecular weight excluding hydrogens is 319 g/mol. The number of halogens is 2. The molecule has 1 heterocycles. The van der Waals surface area contributed by atoms with Gasteiger partial charge in [-0.2, -0.15) is 0 Å². The van der Waals surface area contributed by atoms with Crippen molar-refractivity contribution in [2.45, 2.75) is 17.7 Å². The zero-order chi connectivity index (χ0) is 15.6. The van der Waals surface area contributed by atoms with Crippen LogP contribution >= 0.6 is 11.6 Å². The summed E-state index contributed by atoms with van der Waals surface area (Å²) >= 11 is 5.66. The molecule has 2 rings (SSSR count). The van der Waals surface area contributed by atoms with Crippen molar-refractivity contribution in [1.29, 1.82) is 0 Å². The van der Waals surface area contributed by atoms with Crippen LogP contribution in [0.2, 0.25) is 5.02 Å². The largest absolute Gasteiger partial charge is 0.346 e. The maximum atomic E-state index is 13.2. The van der Waals surface area contributed by atoms with Gasteiger partial charge in [0.05, 0.1) is 4.90 Å². The van der Waals surface area contributed by atoms with E-state index in [2.05, 4.69) is 4.72 Å². The number of hydrogen-bond acceptors (Lipinski definition) is 3. The van der Waals surface area contributed by atoms with Crippen LogP contribution in [0.5, 0.6) is 0 Å². The summed E-state index contributed by atoms with van der Waals surface area (Å²) < 4.78 is 39.8. The van der Waals surface area contributed by atoms with Crippen molar-refractivity contribution in [3.8, 4) is 0 Å². The molecule has 0 aromatic heterocycles. The Morgan fingerprint density at radius 2 is 2.14 bits per heavy atom. The molecule has 1 amide bonds. The Morgan fingerprint density at radius 1 is 1.43 bits per heavy atom. The van der Waals surface area contributed by atoms with Gasteiger partial charge >= 0.3 is 0 Å². The molecule has 0 aliphatic carbocycles. The Balaban J connectivity index is 2.03. The fourth-order valence-electron chi connectivity index (χ4n) is 2.17. The summed E-state index contributed by atoms with van der Waals surface area (Å²) in [5.41, 5.74) is 0. The third kappa shape index (κ3) is 4.15. The molecule has 0 radical (unpaired) electrons. The van der Waals surface area contributed by atoms with E-state index in [1.165, 1.54) is 6.07 Å². The van der Waals surface area contributed by atoms with E-state index in [-0.39, 0.29) is 28.3 Å². The average molecular weight is 335 g/mol. The highest BCUT2D eigenvalue weighted by atomic mass is 35.5. The summed E-state index contributed by atoms with van der Waals surface area (Å²) in [6, 6.07) is 3.14. The van der Waals surface area contributed by atoms with E-state index in [4.69, 9.17) is 11.6 Å². The molecule has 21 heavy (non-hydrogen) atoms. The Morgan fingerprint density at radius 3 is 2.76 bits per heavy atom. The Labute approximate surface area is 128 Å². The molecule has 0 bridgehead atoms. The minimum atomic E-state index is -3.84. The molecule has 1 fully saturated rings. The first kappa shape index (κ1) is 16.2. The van der Waals surface area contributed by atoms with E-state index in [0.29, 0.717) is 13.0 Å². The van der Waals surface area contributed by atoms with Gasteiger partial charge in [-0.3, -0.25) is 4.79 Å². The number of amides is 1. The van der Waals surface area contributed by atoms with Gasteiger partial charge in [0.25, 0.3) is 0 Å². The minimum Gasteiger partial charge on any atom is -0.346 e. The number of rotatable bonds is 4. The lowest BCUT2D eigenvalue weighted by molar-refractivity contribution is -0.133. The zero-order valence-electron chi connectivity index (χ0n) is 11.5. The normalized spacial score (nSPS) is 19.9. The van der Waals surface area contributed by atoms with E-state index in [0.717, 1.165) is 18.6 Å². The average Bonchev–Trinajstić information content (AvgIpc) is 2.39. The molecule has 0 spiro atoms. The van der Waals surface area contributed by atoms with Crippen molar-refractivity contribution in [1.82, 2.24) is 9.62 Å². The summed E-state index contributed by atoms with van der Waals surface area (Å²) in [5.74, 6) is -0.760. The molecule has 5 nitrogen and oxygen atoms in total. The van der Waals surface area contributed by atoms with Crippen molar-refractivity contribution in [2.24, 2.45) is 5.92 Å². The number of benzene rings is 1. The second-order valence-electron chi connectivity index (χ2n) is 5.13. The first-order valence-electron chi connectivity index (χ1n) is 6.47. The summed E-state index contributed by atoms with van der Waals surface area (Å²) in [6.07, 6.45) is 1.04. The van der Waals surface area contributed by atoms with Crippen LogP contribution in [0.25, 0.3) is 0 Å². The van der Waals surface area contributed by atoms with Gasteiger partial charge in [0.1, 0.15) is 5.82 Å². The molecular formula is C13H16ClFN2O3S. The number of piperidine rings is 1. The number of hydrogen-bond donors (Lipinski definition) is 1. The highest BCUT2D eigenvalue weighted by Crippen LogP contribution is 2.20. The maximum absolute atomic E-state index is 13.2. The number of nitrogens with one attached hydrogen (secondary N) is 1. The second kappa shape index (κ2) is 6.29. The predicted molar refractivity (Wildman–Crippen MR) is 77.0 cm³/mol. The van der Waals surface area contributed by atoms with Crippen LogP contribution in [0, 0.1) is 11.7 Å². The molecule has 1 aliphatic heterocycles. The number of likely N-dealkylation sites (tertiary alicyclic amines) is 1. The van der Waals surface area contributed by atoms with Crippen LogP contribution in [-0.4, -0.2) is 39.4 Å². The first-order chi connectivity index (χ1) is 9.78. The highest BCUT2D eigenvalue weighted by Gasteiger charge is 2.25. The van der Waals surface area contributed by atoms with E-state index >= 15 is 0 Å². The standard InChI is InChI=1S/C13H16ClFN2O3S/c1-17-3-2-9(4-13(17)18)8-16-21(19,20)12-6-10(14)5-11(15)7-12/h5-7,9,16H,2-4,8H2,1H3/t9-/m1/s1. The molecule has 1 N–H and O–H groups in total. The fourth-order valence-corrected chi connectivity index (χ4v) is 3.63. The zero-order valence-corrected chi connectivity index (χ0v) is 13.0. The SMILES string of the molecule is CN1CC[C@@H](CNS(=O)(=O)c2cc(F)cc(Cl)c2)CC1=O. The smallest absolute Gasteiger partial charge is 0.240 e. The summed E-state index contributed by atoms with van der Waals surface area (Å²) in [7, 11) is -2.12. The molecule has 0 saturated carbocycles. The quantitative estimate of drug-likeness (QED) is 0.910. The Bertz CT molecular complexity index is 631. The topological polar surface area (TPSA) is 66.5 Å². The third-order valence-corrected chi connectivity index (χ3v) is 5.09.